The van der Waals surface area contributed by atoms with Crippen molar-refractivity contribution in [3.05, 3.63) is 95.0 Å². The van der Waals surface area contributed by atoms with Gasteiger partial charge in [-0.2, -0.15) is 0 Å². The Morgan fingerprint density at radius 1 is 1.06 bits per heavy atom. The lowest BCUT2D eigenvalue weighted by atomic mass is 9.68. The van der Waals surface area contributed by atoms with Crippen LogP contribution in [-0.4, -0.2) is 70.3 Å². The van der Waals surface area contributed by atoms with E-state index in [1.807, 2.05) is 30.4 Å². The summed E-state index contributed by atoms with van der Waals surface area (Å²) in [5, 5.41) is 0.696. The lowest BCUT2D eigenvalue weighted by molar-refractivity contribution is -0.128. The van der Waals surface area contributed by atoms with E-state index in [1.165, 1.54) is 17.2 Å². The molecule has 2 aliphatic carbocycles. The van der Waals surface area contributed by atoms with Crippen molar-refractivity contribution in [2.75, 3.05) is 38.2 Å². The van der Waals surface area contributed by atoms with Gasteiger partial charge in [0.25, 0.3) is 15.9 Å². The second kappa shape index (κ2) is 13.8. The highest BCUT2D eigenvalue weighted by atomic mass is 35.5. The Hall–Kier alpha value is -4.06. The minimum absolute atomic E-state index is 0.0181. The second-order valence-corrected chi connectivity index (χ2v) is 16.9. The number of ether oxygens (including phenoxy) is 3. The second-order valence-electron chi connectivity index (χ2n) is 14.8. The summed E-state index contributed by atoms with van der Waals surface area (Å²) in [6.45, 7) is 5.23. The Kier molecular flexibility index (Phi) is 9.58. The smallest absolute Gasteiger partial charge is 0.490 e. The van der Waals surface area contributed by atoms with Crippen LogP contribution < -0.4 is 19.1 Å². The molecule has 2 bridgehead atoms. The number of amides is 1. The van der Waals surface area contributed by atoms with Gasteiger partial charge in [0.2, 0.25) is 0 Å². The molecule has 2 heterocycles. The van der Waals surface area contributed by atoms with E-state index in [2.05, 4.69) is 15.7 Å². The highest BCUT2D eigenvalue weighted by Crippen LogP contribution is 2.47. The van der Waals surface area contributed by atoms with Crippen molar-refractivity contribution in [1.29, 1.82) is 0 Å². The number of carbonyl (C=O) groups is 2. The zero-order valence-corrected chi connectivity index (χ0v) is 30.7. The topological polar surface area (TPSA) is 114 Å². The van der Waals surface area contributed by atoms with E-state index in [-0.39, 0.29) is 22.1 Å². The summed E-state index contributed by atoms with van der Waals surface area (Å²) in [6, 6.07) is 19.7. The number of halogens is 1. The van der Waals surface area contributed by atoms with E-state index in [0.717, 1.165) is 32.1 Å². The number of anilines is 1. The Balaban J connectivity index is 1.28. The molecule has 1 saturated carbocycles. The first-order valence-electron chi connectivity index (χ1n) is 17.5. The first kappa shape index (κ1) is 35.3. The first-order chi connectivity index (χ1) is 24.3. The highest BCUT2D eigenvalue weighted by molar-refractivity contribution is 7.90. The molecule has 0 radical (unpaired) electrons. The Morgan fingerprint density at radius 3 is 2.63 bits per heavy atom. The van der Waals surface area contributed by atoms with E-state index in [1.54, 1.807) is 62.2 Å². The minimum Gasteiger partial charge on any atom is -0.490 e. The van der Waals surface area contributed by atoms with Crippen LogP contribution in [-0.2, 0) is 31.4 Å². The molecule has 12 heteroatoms. The summed E-state index contributed by atoms with van der Waals surface area (Å²) < 4.78 is 48.0. The van der Waals surface area contributed by atoms with E-state index >= 15 is 0 Å². The van der Waals surface area contributed by atoms with Gasteiger partial charge in [-0.1, -0.05) is 41.9 Å². The number of para-hydroxylation sites is 1. The standard InChI is InChI=1S/C39H44ClN3O7S/c1-38(2)36(44)41-51(46,47)30-15-18-35-33(22-30)43(24-39(25-48-35)19-7-9-26-21-28(40)14-17-32(26)39)23-27-13-16-31(27)34(12-8-20-42(38)3)50-37(45)49-29-10-5-4-6-11-29/h4-6,8,10-12,14-15,17-18,21-22,27,31,34H,7,9,13,16,19-20,23-25H2,1-3H3,(H,41,44)/t27-,31+,34-,39-/m0/s1. The van der Waals surface area contributed by atoms with Crippen molar-refractivity contribution in [3.63, 3.8) is 0 Å². The summed E-state index contributed by atoms with van der Waals surface area (Å²) in [7, 11) is -2.48. The van der Waals surface area contributed by atoms with Gasteiger partial charge in [0.1, 0.15) is 17.6 Å². The van der Waals surface area contributed by atoms with Crippen LogP contribution >= 0.6 is 11.6 Å². The number of hydrogen-bond donors (Lipinski definition) is 1. The molecular formula is C39H44ClN3O7S. The van der Waals surface area contributed by atoms with Gasteiger partial charge in [-0.05, 0) is 119 Å². The zero-order valence-electron chi connectivity index (χ0n) is 29.1. The van der Waals surface area contributed by atoms with Crippen molar-refractivity contribution in [2.24, 2.45) is 11.8 Å². The molecule has 1 N–H and O–H groups in total. The number of rotatable bonds is 2. The maximum Gasteiger partial charge on any atom is 0.514 e. The Bertz CT molecular complexity index is 1950. The quantitative estimate of drug-likeness (QED) is 0.179. The first-order valence-corrected chi connectivity index (χ1v) is 19.4. The average Bonchev–Trinajstić information content (AvgIpc) is 3.23. The van der Waals surface area contributed by atoms with Crippen LogP contribution in [0.3, 0.4) is 0 Å². The Labute approximate surface area is 304 Å². The molecular weight excluding hydrogens is 690 g/mol. The number of benzene rings is 3. The van der Waals surface area contributed by atoms with Gasteiger partial charge in [-0.15, -0.1) is 0 Å². The monoisotopic (exact) mass is 733 g/mol. The highest BCUT2D eigenvalue weighted by Gasteiger charge is 2.45. The maximum absolute atomic E-state index is 13.8. The summed E-state index contributed by atoms with van der Waals surface area (Å²) >= 11 is 6.44. The van der Waals surface area contributed by atoms with Crippen LogP contribution in [0.4, 0.5) is 10.5 Å². The molecule has 1 spiro atoms. The number of nitrogens with zero attached hydrogens (tertiary/aromatic N) is 2. The predicted molar refractivity (Wildman–Crippen MR) is 195 cm³/mol. The largest absolute Gasteiger partial charge is 0.514 e. The van der Waals surface area contributed by atoms with Gasteiger partial charge in [-0.25, -0.2) is 17.9 Å². The van der Waals surface area contributed by atoms with E-state index in [0.29, 0.717) is 48.5 Å². The van der Waals surface area contributed by atoms with Gasteiger partial charge >= 0.3 is 6.16 Å². The molecule has 0 saturated heterocycles. The fourth-order valence-corrected chi connectivity index (χ4v) is 9.17. The number of sulfonamides is 1. The van der Waals surface area contributed by atoms with Gasteiger partial charge in [0.15, 0.2) is 0 Å². The van der Waals surface area contributed by atoms with Crippen LogP contribution in [0, 0.1) is 11.8 Å². The summed E-state index contributed by atoms with van der Waals surface area (Å²) in [5.41, 5.74) is 1.49. The SMILES string of the molecule is CN1CC=C[C@H](OC(=O)Oc2ccccc2)[C@@H]2CC[C@H]2CN2C[C@@]3(CCCc4cc(Cl)ccc43)COc3ccc(cc32)S(=O)(=O)NC(=O)C1(C)C. The van der Waals surface area contributed by atoms with Gasteiger partial charge < -0.3 is 19.1 Å². The van der Waals surface area contributed by atoms with Crippen molar-refractivity contribution >= 4 is 39.4 Å². The Morgan fingerprint density at radius 2 is 1.86 bits per heavy atom. The van der Waals surface area contributed by atoms with E-state index < -0.39 is 33.7 Å². The number of likely N-dealkylation sites (N-methyl/N-ethyl adjacent to an activating group) is 1. The zero-order chi connectivity index (χ0) is 36.0. The number of aryl methyl sites for hydroxylation is 1. The molecule has 3 aromatic rings. The summed E-state index contributed by atoms with van der Waals surface area (Å²) in [6.07, 6.45) is 6.88. The molecule has 4 atom stereocenters. The molecule has 4 aliphatic rings. The minimum atomic E-state index is -4.22. The molecule has 3 aromatic carbocycles. The fraction of sp³-hybridized carbons (Fsp3) is 0.436. The van der Waals surface area contributed by atoms with Crippen molar-refractivity contribution in [2.45, 2.75) is 67.9 Å². The van der Waals surface area contributed by atoms with Crippen LogP contribution in [0.25, 0.3) is 0 Å². The molecule has 270 valence electrons. The van der Waals surface area contributed by atoms with Gasteiger partial charge in [0.05, 0.1) is 22.7 Å². The molecule has 1 amide bonds. The third-order valence-corrected chi connectivity index (χ3v) is 12.9. The van der Waals surface area contributed by atoms with E-state index in [4.69, 9.17) is 25.8 Å². The third-order valence-electron chi connectivity index (χ3n) is 11.3. The fourth-order valence-electron chi connectivity index (χ4n) is 7.85. The number of carbonyl (C=O) groups excluding carboxylic acids is 2. The van der Waals surface area contributed by atoms with Gasteiger partial charge in [0, 0.05) is 36.0 Å². The van der Waals surface area contributed by atoms with Crippen molar-refractivity contribution in [1.82, 2.24) is 9.62 Å². The lowest BCUT2D eigenvalue weighted by Gasteiger charge is -2.45. The third kappa shape index (κ3) is 7.08. The summed E-state index contributed by atoms with van der Waals surface area (Å²) in [4.78, 5) is 30.7. The molecule has 51 heavy (non-hydrogen) atoms. The van der Waals surface area contributed by atoms with Crippen LogP contribution in [0.15, 0.2) is 83.8 Å². The average molecular weight is 734 g/mol. The normalized spacial score (nSPS) is 27.1. The molecule has 2 aliphatic heterocycles. The lowest BCUT2D eigenvalue weighted by Crippen LogP contribution is -2.54. The molecule has 1 fully saturated rings. The van der Waals surface area contributed by atoms with Gasteiger partial charge in [-0.3, -0.25) is 9.69 Å². The predicted octanol–water partition coefficient (Wildman–Crippen LogP) is 6.51. The number of fused-ring (bicyclic) bond motifs is 4. The summed E-state index contributed by atoms with van der Waals surface area (Å²) in [5.74, 6) is 0.399. The van der Waals surface area contributed by atoms with Crippen LogP contribution in [0.5, 0.6) is 11.5 Å². The molecule has 10 nitrogen and oxygen atoms in total. The van der Waals surface area contributed by atoms with Crippen molar-refractivity contribution in [3.8, 4) is 11.5 Å². The number of hydrogen-bond acceptors (Lipinski definition) is 9. The van der Waals surface area contributed by atoms with Crippen molar-refractivity contribution < 1.29 is 32.2 Å². The van der Waals surface area contributed by atoms with Crippen LogP contribution in [0.1, 0.15) is 50.7 Å². The van der Waals surface area contributed by atoms with E-state index in [9.17, 15) is 18.0 Å². The number of nitrogens with one attached hydrogen (secondary N) is 1. The van der Waals surface area contributed by atoms with Crippen LogP contribution in [0.2, 0.25) is 5.02 Å². The maximum atomic E-state index is 13.8. The molecule has 7 rings (SSSR count). The molecule has 0 unspecified atom stereocenters. The molecule has 0 aromatic heterocycles.